The van der Waals surface area contributed by atoms with Crippen molar-refractivity contribution in [3.63, 3.8) is 0 Å². The van der Waals surface area contributed by atoms with E-state index in [1.165, 1.54) is 0 Å². The van der Waals surface area contributed by atoms with Crippen molar-refractivity contribution in [1.29, 1.82) is 0 Å². The van der Waals surface area contributed by atoms with E-state index in [0.717, 1.165) is 16.8 Å². The van der Waals surface area contributed by atoms with Crippen molar-refractivity contribution in [1.82, 2.24) is 20.1 Å². The fourth-order valence-electron chi connectivity index (χ4n) is 4.06. The fourth-order valence-corrected chi connectivity index (χ4v) is 4.06. The Labute approximate surface area is 178 Å². The number of aromatic nitrogens is 3. The Hall–Kier alpha value is -3.16. The molecular formula is C23H23F3N4O. The zero-order valence-electron chi connectivity index (χ0n) is 16.8. The van der Waals surface area contributed by atoms with Crippen LogP contribution in [-0.4, -0.2) is 26.8 Å². The number of hydrogen-bond donors (Lipinski definition) is 1. The Balaban J connectivity index is 1.52. The first kappa shape index (κ1) is 21.1. The SMILES string of the molecule is O=C(NCc1cn(-c2ccccc2)nc1-c1ccncc1)C1CCCC(C(F)(F)F)C1. The van der Waals surface area contributed by atoms with Gasteiger partial charge >= 0.3 is 6.18 Å². The van der Waals surface area contributed by atoms with Gasteiger partial charge in [0.05, 0.1) is 17.3 Å². The third-order valence-electron chi connectivity index (χ3n) is 5.73. The number of benzene rings is 1. The molecule has 2 unspecified atom stereocenters. The molecule has 0 aliphatic heterocycles. The molecule has 1 saturated carbocycles. The lowest BCUT2D eigenvalue weighted by molar-refractivity contribution is -0.186. The highest BCUT2D eigenvalue weighted by atomic mass is 19.4. The Morgan fingerprint density at radius 1 is 1.10 bits per heavy atom. The van der Waals surface area contributed by atoms with Crippen molar-refractivity contribution in [3.8, 4) is 16.9 Å². The number of nitrogens with one attached hydrogen (secondary N) is 1. The van der Waals surface area contributed by atoms with Gasteiger partial charge in [0.1, 0.15) is 0 Å². The summed E-state index contributed by atoms with van der Waals surface area (Å²) in [5.74, 6) is -2.35. The Morgan fingerprint density at radius 2 is 1.84 bits per heavy atom. The lowest BCUT2D eigenvalue weighted by Gasteiger charge is -2.29. The summed E-state index contributed by atoms with van der Waals surface area (Å²) in [4.78, 5) is 16.7. The monoisotopic (exact) mass is 428 g/mol. The number of rotatable bonds is 5. The van der Waals surface area contributed by atoms with Gasteiger partial charge in [-0.15, -0.1) is 0 Å². The molecule has 162 valence electrons. The molecule has 0 bridgehead atoms. The van der Waals surface area contributed by atoms with E-state index >= 15 is 0 Å². The summed E-state index contributed by atoms with van der Waals surface area (Å²) >= 11 is 0. The standard InChI is InChI=1S/C23H23F3N4O/c24-23(25,26)19-6-4-5-17(13-19)22(31)28-14-18-15-30(20-7-2-1-3-8-20)29-21(18)16-9-11-27-12-10-16/h1-3,7-12,15,17,19H,4-6,13-14H2,(H,28,31). The Bertz CT molecular complexity index is 1020. The van der Waals surface area contributed by atoms with E-state index in [4.69, 9.17) is 0 Å². The highest BCUT2D eigenvalue weighted by molar-refractivity contribution is 5.79. The number of carbonyl (C=O) groups is 1. The van der Waals surface area contributed by atoms with E-state index in [1.807, 2.05) is 48.7 Å². The normalized spacial score (nSPS) is 19.2. The van der Waals surface area contributed by atoms with Gasteiger partial charge in [-0.1, -0.05) is 24.6 Å². The van der Waals surface area contributed by atoms with Crippen molar-refractivity contribution >= 4 is 5.91 Å². The highest BCUT2D eigenvalue weighted by Crippen LogP contribution is 2.40. The average Bonchev–Trinajstić information content (AvgIpc) is 3.22. The summed E-state index contributed by atoms with van der Waals surface area (Å²) in [6, 6.07) is 13.2. The molecule has 1 amide bonds. The molecular weight excluding hydrogens is 405 g/mol. The predicted molar refractivity (Wildman–Crippen MR) is 110 cm³/mol. The summed E-state index contributed by atoms with van der Waals surface area (Å²) in [5.41, 5.74) is 3.20. The van der Waals surface area contributed by atoms with Crippen molar-refractivity contribution < 1.29 is 18.0 Å². The summed E-state index contributed by atoms with van der Waals surface area (Å²) in [5, 5.41) is 7.51. The van der Waals surface area contributed by atoms with Crippen LogP contribution in [0.15, 0.2) is 61.1 Å². The van der Waals surface area contributed by atoms with Crippen LogP contribution in [0.4, 0.5) is 13.2 Å². The Kier molecular flexibility index (Phi) is 6.06. The van der Waals surface area contributed by atoms with E-state index in [0.29, 0.717) is 18.5 Å². The molecule has 3 aromatic rings. The average molecular weight is 428 g/mol. The molecule has 1 aliphatic carbocycles. The van der Waals surface area contributed by atoms with Gasteiger partial charge in [-0.05, 0) is 43.5 Å². The molecule has 4 rings (SSSR count). The zero-order valence-corrected chi connectivity index (χ0v) is 16.8. The molecule has 1 N–H and O–H groups in total. The largest absolute Gasteiger partial charge is 0.391 e. The minimum Gasteiger partial charge on any atom is -0.352 e. The number of pyridine rings is 1. The van der Waals surface area contributed by atoms with Crippen LogP contribution in [0, 0.1) is 11.8 Å². The van der Waals surface area contributed by atoms with Gasteiger partial charge in [-0.3, -0.25) is 9.78 Å². The van der Waals surface area contributed by atoms with Crippen LogP contribution in [0.5, 0.6) is 0 Å². The van der Waals surface area contributed by atoms with Gasteiger partial charge in [0.25, 0.3) is 0 Å². The quantitative estimate of drug-likeness (QED) is 0.628. The van der Waals surface area contributed by atoms with Crippen LogP contribution in [0.2, 0.25) is 0 Å². The van der Waals surface area contributed by atoms with Gasteiger partial charge in [-0.25, -0.2) is 4.68 Å². The van der Waals surface area contributed by atoms with Crippen molar-refractivity contribution in [2.24, 2.45) is 11.8 Å². The third kappa shape index (κ3) is 4.95. The van der Waals surface area contributed by atoms with Crippen molar-refractivity contribution in [2.45, 2.75) is 38.4 Å². The van der Waals surface area contributed by atoms with Crippen LogP contribution < -0.4 is 5.32 Å². The van der Waals surface area contributed by atoms with Gasteiger partial charge in [0, 0.05) is 42.2 Å². The van der Waals surface area contributed by atoms with Crippen molar-refractivity contribution in [3.05, 3.63) is 66.6 Å². The fraction of sp³-hybridized carbons (Fsp3) is 0.348. The second-order valence-corrected chi connectivity index (χ2v) is 7.84. The van der Waals surface area contributed by atoms with Gasteiger partial charge in [-0.2, -0.15) is 18.3 Å². The lowest BCUT2D eigenvalue weighted by Crippen LogP contribution is -2.37. The van der Waals surface area contributed by atoms with Crippen LogP contribution in [0.3, 0.4) is 0 Å². The number of nitrogens with zero attached hydrogens (tertiary/aromatic N) is 3. The molecule has 0 saturated heterocycles. The number of carbonyl (C=O) groups excluding carboxylic acids is 1. The molecule has 2 aromatic heterocycles. The van der Waals surface area contributed by atoms with Crippen LogP contribution >= 0.6 is 0 Å². The maximum Gasteiger partial charge on any atom is 0.391 e. The number of hydrogen-bond acceptors (Lipinski definition) is 3. The second kappa shape index (κ2) is 8.91. The maximum atomic E-state index is 13.1. The molecule has 5 nitrogen and oxygen atoms in total. The van der Waals surface area contributed by atoms with Crippen LogP contribution in [0.1, 0.15) is 31.2 Å². The minimum atomic E-state index is -4.25. The smallest absolute Gasteiger partial charge is 0.352 e. The molecule has 31 heavy (non-hydrogen) atoms. The molecule has 1 fully saturated rings. The Morgan fingerprint density at radius 3 is 2.55 bits per heavy atom. The van der Waals surface area contributed by atoms with E-state index in [2.05, 4.69) is 15.4 Å². The molecule has 1 aromatic carbocycles. The molecule has 0 radical (unpaired) electrons. The van der Waals surface area contributed by atoms with Gasteiger partial charge in [0.15, 0.2) is 0 Å². The van der Waals surface area contributed by atoms with E-state index in [-0.39, 0.29) is 25.3 Å². The predicted octanol–water partition coefficient (Wildman–Crippen LogP) is 4.92. The molecule has 2 atom stereocenters. The van der Waals surface area contributed by atoms with E-state index < -0.39 is 18.0 Å². The zero-order chi connectivity index (χ0) is 21.8. The minimum absolute atomic E-state index is 0.101. The van der Waals surface area contributed by atoms with Crippen molar-refractivity contribution in [2.75, 3.05) is 0 Å². The summed E-state index contributed by atoms with van der Waals surface area (Å²) in [6.45, 7) is 0.191. The first-order valence-corrected chi connectivity index (χ1v) is 10.3. The second-order valence-electron chi connectivity index (χ2n) is 7.84. The first-order valence-electron chi connectivity index (χ1n) is 10.3. The van der Waals surface area contributed by atoms with Crippen LogP contribution in [0.25, 0.3) is 16.9 Å². The highest BCUT2D eigenvalue weighted by Gasteiger charge is 2.43. The molecule has 0 spiro atoms. The number of amides is 1. The first-order chi connectivity index (χ1) is 14.9. The number of halogens is 3. The van der Waals surface area contributed by atoms with Gasteiger partial charge < -0.3 is 5.32 Å². The summed E-state index contributed by atoms with van der Waals surface area (Å²) in [6.07, 6.45) is 1.78. The maximum absolute atomic E-state index is 13.1. The molecule has 8 heteroatoms. The van der Waals surface area contributed by atoms with Crippen LogP contribution in [-0.2, 0) is 11.3 Å². The molecule has 2 heterocycles. The topological polar surface area (TPSA) is 59.8 Å². The summed E-state index contributed by atoms with van der Waals surface area (Å²) in [7, 11) is 0. The number of alkyl halides is 3. The molecule has 1 aliphatic rings. The summed E-state index contributed by atoms with van der Waals surface area (Å²) < 4.78 is 41.0. The van der Waals surface area contributed by atoms with E-state index in [1.54, 1.807) is 17.1 Å². The lowest BCUT2D eigenvalue weighted by atomic mass is 9.80. The van der Waals surface area contributed by atoms with Gasteiger partial charge in [0.2, 0.25) is 5.91 Å². The third-order valence-corrected chi connectivity index (χ3v) is 5.73. The number of para-hydroxylation sites is 1. The van der Waals surface area contributed by atoms with E-state index in [9.17, 15) is 18.0 Å².